The summed E-state index contributed by atoms with van der Waals surface area (Å²) in [4.78, 5) is 14.0. The van der Waals surface area contributed by atoms with Gasteiger partial charge in [-0.15, -0.1) is 10.2 Å². The molecule has 1 N–H and O–H groups in total. The second-order valence-corrected chi connectivity index (χ2v) is 5.92. The predicted octanol–water partition coefficient (Wildman–Crippen LogP) is 3.93. The van der Waals surface area contributed by atoms with Crippen LogP contribution < -0.4 is 5.32 Å². The van der Waals surface area contributed by atoms with E-state index in [1.807, 2.05) is 16.8 Å². The van der Waals surface area contributed by atoms with Gasteiger partial charge in [0.25, 0.3) is 0 Å². The Morgan fingerprint density at radius 1 is 1.30 bits per heavy atom. The summed E-state index contributed by atoms with van der Waals surface area (Å²) < 4.78 is 37.3. The summed E-state index contributed by atoms with van der Waals surface area (Å²) in [6, 6.07) is 3.47. The normalized spacial score (nSPS) is 18.2. The van der Waals surface area contributed by atoms with Crippen LogP contribution in [0.4, 0.5) is 23.8 Å². The number of carbonyl (C=O) groups excluding carboxylic acids is 1. The number of rotatable bonds is 2. The molecule has 1 aliphatic heterocycles. The Bertz CT molecular complexity index is 672. The van der Waals surface area contributed by atoms with Gasteiger partial charge in [-0.3, -0.25) is 5.32 Å². The highest BCUT2D eigenvalue weighted by Crippen LogP contribution is 2.33. The van der Waals surface area contributed by atoms with E-state index in [1.165, 1.54) is 0 Å². The van der Waals surface area contributed by atoms with Crippen molar-refractivity contribution >= 4 is 23.2 Å². The fourth-order valence-electron chi connectivity index (χ4n) is 2.55. The molecule has 122 valence electrons. The van der Waals surface area contributed by atoms with E-state index in [1.54, 1.807) is 16.2 Å². The third-order valence-corrected chi connectivity index (χ3v) is 4.33. The molecule has 0 radical (unpaired) electrons. The third-order valence-electron chi connectivity index (χ3n) is 3.63. The number of nitrogens with one attached hydrogen (secondary N) is 1. The van der Waals surface area contributed by atoms with E-state index >= 15 is 0 Å². The van der Waals surface area contributed by atoms with Crippen LogP contribution in [0.1, 0.15) is 30.1 Å². The molecule has 1 unspecified atom stereocenters. The highest BCUT2D eigenvalue weighted by molar-refractivity contribution is 7.07. The molecule has 0 aromatic carbocycles. The van der Waals surface area contributed by atoms with Gasteiger partial charge in [0.1, 0.15) is 0 Å². The van der Waals surface area contributed by atoms with Gasteiger partial charge in [0, 0.05) is 6.54 Å². The van der Waals surface area contributed by atoms with Crippen LogP contribution in [0.2, 0.25) is 0 Å². The first-order valence-corrected chi connectivity index (χ1v) is 7.90. The summed E-state index contributed by atoms with van der Waals surface area (Å²) in [6.45, 7) is 0.598. The third kappa shape index (κ3) is 3.44. The van der Waals surface area contributed by atoms with Crippen molar-refractivity contribution in [3.63, 3.8) is 0 Å². The molecule has 23 heavy (non-hydrogen) atoms. The van der Waals surface area contributed by atoms with E-state index in [-0.39, 0.29) is 17.9 Å². The van der Waals surface area contributed by atoms with Crippen LogP contribution in [0.3, 0.4) is 0 Å². The zero-order chi connectivity index (χ0) is 16.4. The number of nitrogens with zero attached hydrogens (tertiary/aromatic N) is 3. The van der Waals surface area contributed by atoms with Gasteiger partial charge in [-0.05, 0) is 47.4 Å². The van der Waals surface area contributed by atoms with Gasteiger partial charge < -0.3 is 4.90 Å². The first kappa shape index (κ1) is 15.7. The van der Waals surface area contributed by atoms with Crippen LogP contribution in [0, 0.1) is 0 Å². The minimum absolute atomic E-state index is 0.000955. The van der Waals surface area contributed by atoms with Crippen LogP contribution in [0.25, 0.3) is 0 Å². The van der Waals surface area contributed by atoms with Gasteiger partial charge in [0.2, 0.25) is 0 Å². The fraction of sp³-hybridized carbons (Fsp3) is 0.357. The molecule has 0 aliphatic carbocycles. The van der Waals surface area contributed by atoms with Crippen LogP contribution >= 0.6 is 11.3 Å². The maximum absolute atomic E-state index is 12.4. The quantitative estimate of drug-likeness (QED) is 0.900. The van der Waals surface area contributed by atoms with E-state index in [9.17, 15) is 18.0 Å². The molecule has 2 amide bonds. The van der Waals surface area contributed by atoms with Crippen molar-refractivity contribution in [3.05, 3.63) is 40.2 Å². The average molecular weight is 342 g/mol. The van der Waals surface area contributed by atoms with Crippen molar-refractivity contribution in [1.82, 2.24) is 15.1 Å². The number of carbonyl (C=O) groups is 1. The van der Waals surface area contributed by atoms with E-state index < -0.39 is 11.9 Å². The van der Waals surface area contributed by atoms with E-state index in [2.05, 4.69) is 15.5 Å². The molecule has 0 bridgehead atoms. The van der Waals surface area contributed by atoms with Crippen LogP contribution in [-0.4, -0.2) is 27.7 Å². The number of likely N-dealkylation sites (tertiary alicyclic amines) is 1. The summed E-state index contributed by atoms with van der Waals surface area (Å²) in [7, 11) is 0. The average Bonchev–Trinajstić information content (AvgIpc) is 3.17. The number of hydrogen-bond donors (Lipinski definition) is 1. The molecular formula is C14H13F3N4OS. The molecule has 0 saturated carbocycles. The predicted molar refractivity (Wildman–Crippen MR) is 79.1 cm³/mol. The van der Waals surface area contributed by atoms with Crippen LogP contribution in [0.15, 0.2) is 29.0 Å². The topological polar surface area (TPSA) is 58.1 Å². The molecule has 9 heteroatoms. The number of aromatic nitrogens is 2. The van der Waals surface area contributed by atoms with E-state index in [4.69, 9.17) is 0 Å². The molecule has 5 nitrogen and oxygen atoms in total. The molecular weight excluding hydrogens is 329 g/mol. The second-order valence-electron chi connectivity index (χ2n) is 5.14. The molecule has 1 fully saturated rings. The highest BCUT2D eigenvalue weighted by Gasteiger charge is 2.33. The summed E-state index contributed by atoms with van der Waals surface area (Å²) in [5.41, 5.74) is -0.0195. The maximum atomic E-state index is 12.4. The van der Waals surface area contributed by atoms with Crippen molar-refractivity contribution in [1.29, 1.82) is 0 Å². The van der Waals surface area contributed by atoms with Crippen molar-refractivity contribution < 1.29 is 18.0 Å². The Morgan fingerprint density at radius 2 is 2.13 bits per heavy atom. The smallest absolute Gasteiger partial charge is 0.317 e. The van der Waals surface area contributed by atoms with Crippen molar-refractivity contribution in [3.8, 4) is 0 Å². The molecule has 1 saturated heterocycles. The Morgan fingerprint density at radius 3 is 2.74 bits per heavy atom. The van der Waals surface area contributed by atoms with Crippen LogP contribution in [-0.2, 0) is 6.18 Å². The SMILES string of the molecule is O=C(Nc1ccc(C(F)(F)F)nn1)N1CCCC1c1ccsc1. The van der Waals surface area contributed by atoms with Gasteiger partial charge in [-0.25, -0.2) is 4.79 Å². The lowest BCUT2D eigenvalue weighted by molar-refractivity contribution is -0.141. The largest absolute Gasteiger partial charge is 0.435 e. The Labute approximate surface area is 134 Å². The van der Waals surface area contributed by atoms with Crippen molar-refractivity contribution in [2.24, 2.45) is 0 Å². The number of thiophene rings is 1. The first-order valence-electron chi connectivity index (χ1n) is 6.96. The molecule has 3 heterocycles. The zero-order valence-corrected chi connectivity index (χ0v) is 12.7. The summed E-state index contributed by atoms with van der Waals surface area (Å²) in [6.07, 6.45) is -2.80. The summed E-state index contributed by atoms with van der Waals surface area (Å²) >= 11 is 1.56. The number of alkyl halides is 3. The van der Waals surface area contributed by atoms with Gasteiger partial charge in [0.05, 0.1) is 6.04 Å². The molecule has 2 aromatic heterocycles. The lowest BCUT2D eigenvalue weighted by atomic mass is 10.1. The minimum atomic E-state index is -4.55. The van der Waals surface area contributed by atoms with Gasteiger partial charge in [0.15, 0.2) is 11.5 Å². The summed E-state index contributed by atoms with van der Waals surface area (Å²) in [5.74, 6) is -0.000955. The lowest BCUT2D eigenvalue weighted by Gasteiger charge is -2.24. The molecule has 1 aliphatic rings. The van der Waals surface area contributed by atoms with Gasteiger partial charge >= 0.3 is 12.2 Å². The van der Waals surface area contributed by atoms with Crippen molar-refractivity contribution in [2.45, 2.75) is 25.1 Å². The summed E-state index contributed by atoms with van der Waals surface area (Å²) in [5, 5.41) is 13.0. The fourth-order valence-corrected chi connectivity index (χ4v) is 3.26. The van der Waals surface area contributed by atoms with E-state index in [0.717, 1.165) is 30.5 Å². The lowest BCUT2D eigenvalue weighted by Crippen LogP contribution is -2.34. The second kappa shape index (κ2) is 6.15. The van der Waals surface area contributed by atoms with Gasteiger partial charge in [-0.2, -0.15) is 24.5 Å². The number of urea groups is 1. The molecule has 0 spiro atoms. The van der Waals surface area contributed by atoms with Gasteiger partial charge in [-0.1, -0.05) is 0 Å². The number of anilines is 1. The highest BCUT2D eigenvalue weighted by atomic mass is 32.1. The number of halogens is 3. The number of hydrogen-bond acceptors (Lipinski definition) is 4. The standard InChI is InChI=1S/C14H13F3N4OS/c15-14(16,17)11-3-4-12(20-19-11)18-13(22)21-6-1-2-10(21)9-5-7-23-8-9/h3-5,7-8,10H,1-2,6H2,(H,18,20,22). The zero-order valence-electron chi connectivity index (χ0n) is 11.9. The van der Waals surface area contributed by atoms with Crippen LogP contribution in [0.5, 0.6) is 0 Å². The molecule has 1 atom stereocenters. The molecule has 2 aromatic rings. The number of amides is 2. The Hall–Kier alpha value is -2.16. The minimum Gasteiger partial charge on any atom is -0.317 e. The Balaban J connectivity index is 1.69. The first-order chi connectivity index (χ1) is 10.9. The monoisotopic (exact) mass is 342 g/mol. The molecule has 3 rings (SSSR count). The Kier molecular flexibility index (Phi) is 4.20. The maximum Gasteiger partial charge on any atom is 0.435 e. The van der Waals surface area contributed by atoms with Crippen molar-refractivity contribution in [2.75, 3.05) is 11.9 Å². The van der Waals surface area contributed by atoms with E-state index in [0.29, 0.717) is 6.54 Å².